The Balaban J connectivity index is 1.66. The number of rotatable bonds is 5. The average Bonchev–Trinajstić information content (AvgIpc) is 3.04. The summed E-state index contributed by atoms with van der Waals surface area (Å²) in [5.41, 5.74) is 4.88. The Morgan fingerprint density at radius 1 is 1.20 bits per heavy atom. The quantitative estimate of drug-likeness (QED) is 0.747. The minimum atomic E-state index is 0.853. The van der Waals surface area contributed by atoms with Gasteiger partial charge in [0, 0.05) is 48.5 Å². The first-order valence-corrected chi connectivity index (χ1v) is 7.06. The molecule has 4 nitrogen and oxygen atoms in total. The smallest absolute Gasteiger partial charge is 0.0638 e. The predicted molar refractivity (Wildman–Crippen MR) is 81.5 cm³/mol. The van der Waals surface area contributed by atoms with E-state index in [1.807, 2.05) is 4.68 Å². The third-order valence-corrected chi connectivity index (χ3v) is 3.68. The lowest BCUT2D eigenvalue weighted by atomic mass is 10.2. The Bertz CT molecular complexity index is 708. The van der Waals surface area contributed by atoms with Gasteiger partial charge >= 0.3 is 0 Å². The van der Waals surface area contributed by atoms with Gasteiger partial charge in [-0.05, 0) is 25.5 Å². The van der Waals surface area contributed by atoms with Gasteiger partial charge in [-0.3, -0.25) is 4.68 Å². The molecule has 2 heterocycles. The maximum atomic E-state index is 4.47. The van der Waals surface area contributed by atoms with Crippen LogP contribution in [0, 0.1) is 6.92 Å². The third-order valence-electron chi connectivity index (χ3n) is 3.68. The fourth-order valence-corrected chi connectivity index (χ4v) is 2.50. The molecule has 0 bridgehead atoms. The van der Waals surface area contributed by atoms with Crippen molar-refractivity contribution in [1.82, 2.24) is 20.1 Å². The van der Waals surface area contributed by atoms with Crippen molar-refractivity contribution in [3.05, 3.63) is 53.5 Å². The molecule has 0 atom stereocenters. The van der Waals surface area contributed by atoms with Gasteiger partial charge in [-0.15, -0.1) is 0 Å². The summed E-state index contributed by atoms with van der Waals surface area (Å²) < 4.78 is 1.98. The van der Waals surface area contributed by atoms with E-state index in [4.69, 9.17) is 0 Å². The Morgan fingerprint density at radius 3 is 2.80 bits per heavy atom. The highest BCUT2D eigenvalue weighted by atomic mass is 15.3. The normalized spacial score (nSPS) is 11.3. The van der Waals surface area contributed by atoms with Gasteiger partial charge in [0.05, 0.1) is 5.69 Å². The summed E-state index contributed by atoms with van der Waals surface area (Å²) in [5.74, 6) is 0. The van der Waals surface area contributed by atoms with Crippen LogP contribution in [0.4, 0.5) is 0 Å². The topological polar surface area (TPSA) is 45.6 Å². The molecular weight excluding hydrogens is 248 g/mol. The van der Waals surface area contributed by atoms with E-state index in [2.05, 4.69) is 65.9 Å². The highest BCUT2D eigenvalue weighted by molar-refractivity contribution is 5.82. The number of benzene rings is 1. The van der Waals surface area contributed by atoms with Crippen molar-refractivity contribution in [2.75, 3.05) is 0 Å². The van der Waals surface area contributed by atoms with Gasteiger partial charge in [-0.25, -0.2) is 0 Å². The molecule has 2 N–H and O–H groups in total. The second-order valence-electron chi connectivity index (χ2n) is 5.06. The van der Waals surface area contributed by atoms with E-state index in [0.717, 1.165) is 25.3 Å². The summed E-state index contributed by atoms with van der Waals surface area (Å²) in [6.45, 7) is 6.81. The van der Waals surface area contributed by atoms with Crippen LogP contribution < -0.4 is 5.32 Å². The lowest BCUT2D eigenvalue weighted by Gasteiger charge is -2.03. The summed E-state index contributed by atoms with van der Waals surface area (Å²) in [5, 5.41) is 9.26. The van der Waals surface area contributed by atoms with Crippen LogP contribution in [0.5, 0.6) is 0 Å². The minimum Gasteiger partial charge on any atom is -0.361 e. The maximum Gasteiger partial charge on any atom is 0.0638 e. The summed E-state index contributed by atoms with van der Waals surface area (Å²) in [6, 6.07) is 8.39. The van der Waals surface area contributed by atoms with Crippen molar-refractivity contribution in [3.8, 4) is 0 Å². The van der Waals surface area contributed by atoms with Gasteiger partial charge in [0.15, 0.2) is 0 Å². The molecule has 20 heavy (non-hydrogen) atoms. The van der Waals surface area contributed by atoms with Crippen molar-refractivity contribution in [1.29, 1.82) is 0 Å². The molecule has 0 radical (unpaired) electrons. The van der Waals surface area contributed by atoms with E-state index < -0.39 is 0 Å². The Hall–Kier alpha value is -2.07. The van der Waals surface area contributed by atoms with Gasteiger partial charge in [0.2, 0.25) is 0 Å². The SMILES string of the molecule is CCn1cc(CNCc2c[nH]c3ccccc23)c(C)n1. The second kappa shape index (κ2) is 5.51. The maximum absolute atomic E-state index is 4.47. The predicted octanol–water partition coefficient (Wildman–Crippen LogP) is 2.98. The molecule has 0 saturated carbocycles. The number of hydrogen-bond donors (Lipinski definition) is 2. The van der Waals surface area contributed by atoms with Crippen molar-refractivity contribution >= 4 is 10.9 Å². The van der Waals surface area contributed by atoms with Gasteiger partial charge in [-0.2, -0.15) is 5.10 Å². The highest BCUT2D eigenvalue weighted by Crippen LogP contribution is 2.17. The second-order valence-corrected chi connectivity index (χ2v) is 5.06. The molecular formula is C16H20N4. The summed E-state index contributed by atoms with van der Waals surface area (Å²) >= 11 is 0. The molecule has 1 aromatic carbocycles. The van der Waals surface area contributed by atoms with Crippen molar-refractivity contribution in [2.45, 2.75) is 33.5 Å². The zero-order chi connectivity index (χ0) is 13.9. The Labute approximate surface area is 118 Å². The number of nitrogens with zero attached hydrogens (tertiary/aromatic N) is 2. The molecule has 0 spiro atoms. The summed E-state index contributed by atoms with van der Waals surface area (Å²) in [7, 11) is 0. The van der Waals surface area contributed by atoms with Crippen LogP contribution in [0.25, 0.3) is 10.9 Å². The van der Waals surface area contributed by atoms with Crippen LogP contribution in [-0.4, -0.2) is 14.8 Å². The van der Waals surface area contributed by atoms with Crippen molar-refractivity contribution in [3.63, 3.8) is 0 Å². The highest BCUT2D eigenvalue weighted by Gasteiger charge is 2.05. The van der Waals surface area contributed by atoms with Gasteiger partial charge in [0.1, 0.15) is 0 Å². The van der Waals surface area contributed by atoms with Crippen LogP contribution in [0.3, 0.4) is 0 Å². The van der Waals surface area contributed by atoms with Gasteiger partial charge in [0.25, 0.3) is 0 Å². The monoisotopic (exact) mass is 268 g/mol. The number of aryl methyl sites for hydroxylation is 2. The van der Waals surface area contributed by atoms with Gasteiger partial charge in [-0.1, -0.05) is 18.2 Å². The number of para-hydroxylation sites is 1. The van der Waals surface area contributed by atoms with Crippen LogP contribution in [0.15, 0.2) is 36.7 Å². The molecule has 0 fully saturated rings. The molecule has 4 heteroatoms. The average molecular weight is 268 g/mol. The van der Waals surface area contributed by atoms with Gasteiger partial charge < -0.3 is 10.3 Å². The molecule has 0 amide bonds. The molecule has 0 aliphatic carbocycles. The van der Waals surface area contributed by atoms with Crippen molar-refractivity contribution < 1.29 is 0 Å². The molecule has 2 aromatic heterocycles. The zero-order valence-electron chi connectivity index (χ0n) is 12.0. The fraction of sp³-hybridized carbons (Fsp3) is 0.312. The fourth-order valence-electron chi connectivity index (χ4n) is 2.50. The van der Waals surface area contributed by atoms with Crippen molar-refractivity contribution in [2.24, 2.45) is 0 Å². The summed E-state index contributed by atoms with van der Waals surface area (Å²) in [6.07, 6.45) is 4.21. The lowest BCUT2D eigenvalue weighted by molar-refractivity contribution is 0.651. The van der Waals surface area contributed by atoms with E-state index in [9.17, 15) is 0 Å². The number of hydrogen-bond acceptors (Lipinski definition) is 2. The minimum absolute atomic E-state index is 0.853. The molecule has 0 saturated heterocycles. The van der Waals surface area contributed by atoms with Crippen LogP contribution in [-0.2, 0) is 19.6 Å². The third kappa shape index (κ3) is 2.47. The number of aromatic nitrogens is 3. The first-order chi connectivity index (χ1) is 9.78. The number of fused-ring (bicyclic) bond motifs is 1. The number of nitrogens with one attached hydrogen (secondary N) is 2. The molecule has 104 valence electrons. The molecule has 0 aliphatic heterocycles. The Morgan fingerprint density at radius 2 is 2.00 bits per heavy atom. The van der Waals surface area contributed by atoms with Crippen LogP contribution >= 0.6 is 0 Å². The first kappa shape index (κ1) is 12.9. The zero-order valence-corrected chi connectivity index (χ0v) is 12.0. The molecule has 0 unspecified atom stereocenters. The largest absolute Gasteiger partial charge is 0.361 e. The van der Waals surface area contributed by atoms with E-state index in [-0.39, 0.29) is 0 Å². The summed E-state index contributed by atoms with van der Waals surface area (Å²) in [4.78, 5) is 3.30. The number of aromatic amines is 1. The van der Waals surface area contributed by atoms with E-state index in [0.29, 0.717) is 0 Å². The molecule has 3 rings (SSSR count). The van der Waals surface area contributed by atoms with E-state index in [1.54, 1.807) is 0 Å². The Kier molecular flexibility index (Phi) is 3.56. The number of H-pyrrole nitrogens is 1. The molecule has 3 aromatic rings. The molecule has 0 aliphatic rings. The standard InChI is InChI=1S/C16H20N4/c1-3-20-11-14(12(2)19-20)9-17-8-13-10-18-16-7-5-4-6-15(13)16/h4-7,10-11,17-18H,3,8-9H2,1-2H3. The van der Waals surface area contributed by atoms with E-state index in [1.165, 1.54) is 22.0 Å². The lowest BCUT2D eigenvalue weighted by Crippen LogP contribution is -2.12. The van der Waals surface area contributed by atoms with Crippen LogP contribution in [0.1, 0.15) is 23.7 Å². The van der Waals surface area contributed by atoms with Crippen LogP contribution in [0.2, 0.25) is 0 Å². The first-order valence-electron chi connectivity index (χ1n) is 7.06. The van der Waals surface area contributed by atoms with E-state index >= 15 is 0 Å².